The number of hydrogen-bond donors (Lipinski definition) is 1. The zero-order chi connectivity index (χ0) is 19.2. The monoisotopic (exact) mass is 400 g/mol. The molecule has 0 atom stereocenters. The maximum absolute atomic E-state index is 12.1. The number of halogens is 1. The summed E-state index contributed by atoms with van der Waals surface area (Å²) in [5.74, 6) is 0.688. The zero-order valence-corrected chi connectivity index (χ0v) is 16.9. The molecule has 1 N–H and O–H groups in total. The zero-order valence-electron chi connectivity index (χ0n) is 15.3. The average Bonchev–Trinajstić information content (AvgIpc) is 3.11. The molecule has 0 aliphatic carbocycles. The summed E-state index contributed by atoms with van der Waals surface area (Å²) >= 11 is 7.27. The van der Waals surface area contributed by atoms with Gasteiger partial charge in [0.2, 0.25) is 5.91 Å². The standard InChI is InChI=1S/C21H21ClN2O2S/c1-14-5-6-16(12-15(14)2)19-13-27-21(23-19)24-20(25)4-3-11-26-18-9-7-17(22)8-10-18/h5-10,12-13H,3-4,11H2,1-2H3,(H,23,24,25). The molecule has 0 aliphatic heterocycles. The summed E-state index contributed by atoms with van der Waals surface area (Å²) in [7, 11) is 0. The Morgan fingerprint density at radius 3 is 2.67 bits per heavy atom. The average molecular weight is 401 g/mol. The summed E-state index contributed by atoms with van der Waals surface area (Å²) in [6, 6.07) is 13.4. The van der Waals surface area contributed by atoms with Crippen molar-refractivity contribution in [3.63, 3.8) is 0 Å². The Morgan fingerprint density at radius 1 is 1.15 bits per heavy atom. The fourth-order valence-electron chi connectivity index (χ4n) is 2.50. The third-order valence-corrected chi connectivity index (χ3v) is 5.19. The lowest BCUT2D eigenvalue weighted by atomic mass is 10.1. The number of carbonyl (C=O) groups is 1. The second-order valence-corrected chi connectivity index (χ2v) is 7.59. The van der Waals surface area contributed by atoms with Crippen LogP contribution >= 0.6 is 22.9 Å². The molecule has 0 fully saturated rings. The highest BCUT2D eigenvalue weighted by Gasteiger charge is 2.09. The predicted octanol–water partition coefficient (Wildman–Crippen LogP) is 5.88. The van der Waals surface area contributed by atoms with Crippen molar-refractivity contribution in [3.8, 4) is 17.0 Å². The predicted molar refractivity (Wildman–Crippen MR) is 112 cm³/mol. The molecule has 3 aromatic rings. The summed E-state index contributed by atoms with van der Waals surface area (Å²) in [5.41, 5.74) is 4.42. The molecule has 27 heavy (non-hydrogen) atoms. The van der Waals surface area contributed by atoms with Crippen molar-refractivity contribution in [2.75, 3.05) is 11.9 Å². The van der Waals surface area contributed by atoms with Crippen LogP contribution in [0.25, 0.3) is 11.3 Å². The first-order valence-electron chi connectivity index (χ1n) is 8.72. The molecule has 1 aromatic heterocycles. The summed E-state index contributed by atoms with van der Waals surface area (Å²) in [6.45, 7) is 4.64. The molecule has 3 rings (SSSR count). The molecule has 0 bridgehead atoms. The summed E-state index contributed by atoms with van der Waals surface area (Å²) in [5, 5.41) is 6.11. The van der Waals surface area contributed by atoms with Crippen LogP contribution in [0.15, 0.2) is 47.8 Å². The molecule has 1 amide bonds. The van der Waals surface area contributed by atoms with Gasteiger partial charge in [-0.3, -0.25) is 4.79 Å². The van der Waals surface area contributed by atoms with Gasteiger partial charge in [-0.15, -0.1) is 11.3 Å². The number of ether oxygens (including phenoxy) is 1. The van der Waals surface area contributed by atoms with Gasteiger partial charge in [-0.1, -0.05) is 23.7 Å². The molecule has 0 unspecified atom stereocenters. The molecule has 6 heteroatoms. The molecule has 4 nitrogen and oxygen atoms in total. The molecular weight excluding hydrogens is 380 g/mol. The first kappa shape index (κ1) is 19.4. The first-order chi connectivity index (χ1) is 13.0. The second-order valence-electron chi connectivity index (χ2n) is 6.29. The number of thiazole rings is 1. The molecule has 0 saturated carbocycles. The lowest BCUT2D eigenvalue weighted by molar-refractivity contribution is -0.116. The first-order valence-corrected chi connectivity index (χ1v) is 9.98. The number of benzene rings is 2. The van der Waals surface area contributed by atoms with Crippen LogP contribution in [0.3, 0.4) is 0 Å². The number of rotatable bonds is 7. The van der Waals surface area contributed by atoms with E-state index in [1.165, 1.54) is 22.5 Å². The van der Waals surface area contributed by atoms with Crippen molar-refractivity contribution in [2.45, 2.75) is 26.7 Å². The van der Waals surface area contributed by atoms with Crippen molar-refractivity contribution in [2.24, 2.45) is 0 Å². The summed E-state index contributed by atoms with van der Waals surface area (Å²) < 4.78 is 5.59. The Bertz CT molecular complexity index is 922. The number of nitrogens with one attached hydrogen (secondary N) is 1. The van der Waals surface area contributed by atoms with Gasteiger partial charge in [0.15, 0.2) is 5.13 Å². The smallest absolute Gasteiger partial charge is 0.226 e. The van der Waals surface area contributed by atoms with Crippen LogP contribution < -0.4 is 10.1 Å². The van der Waals surface area contributed by atoms with Gasteiger partial charge in [-0.05, 0) is 61.7 Å². The van der Waals surface area contributed by atoms with E-state index >= 15 is 0 Å². The lowest BCUT2D eigenvalue weighted by Gasteiger charge is -2.06. The Labute approximate surface area is 168 Å². The topological polar surface area (TPSA) is 51.2 Å². The second kappa shape index (κ2) is 9.02. The molecule has 0 spiro atoms. The number of carbonyl (C=O) groups excluding carboxylic acids is 1. The van der Waals surface area contributed by atoms with Gasteiger partial charge in [0.25, 0.3) is 0 Å². The van der Waals surface area contributed by atoms with Crippen LogP contribution in [-0.2, 0) is 4.79 Å². The number of amides is 1. The summed E-state index contributed by atoms with van der Waals surface area (Å²) in [6.07, 6.45) is 1.01. The number of hydrogen-bond acceptors (Lipinski definition) is 4. The third kappa shape index (κ3) is 5.55. The molecule has 0 saturated heterocycles. The highest BCUT2D eigenvalue weighted by Crippen LogP contribution is 2.26. The number of nitrogens with zero attached hydrogens (tertiary/aromatic N) is 1. The van der Waals surface area contributed by atoms with Gasteiger partial charge in [-0.2, -0.15) is 0 Å². The fourth-order valence-corrected chi connectivity index (χ4v) is 3.36. The van der Waals surface area contributed by atoms with Crippen molar-refractivity contribution in [1.82, 2.24) is 4.98 Å². The normalized spacial score (nSPS) is 10.6. The fraction of sp³-hybridized carbons (Fsp3) is 0.238. The number of anilines is 1. The van der Waals surface area contributed by atoms with Crippen LogP contribution in [0.2, 0.25) is 5.02 Å². The Morgan fingerprint density at radius 2 is 1.93 bits per heavy atom. The molecule has 2 aromatic carbocycles. The van der Waals surface area contributed by atoms with Crippen LogP contribution in [-0.4, -0.2) is 17.5 Å². The van der Waals surface area contributed by atoms with E-state index in [9.17, 15) is 4.79 Å². The minimum atomic E-state index is -0.0595. The SMILES string of the molecule is Cc1ccc(-c2csc(NC(=O)CCCOc3ccc(Cl)cc3)n2)cc1C. The number of aromatic nitrogens is 1. The molecule has 1 heterocycles. The van der Waals surface area contributed by atoms with Gasteiger partial charge in [0.1, 0.15) is 5.75 Å². The number of aryl methyl sites for hydroxylation is 2. The highest BCUT2D eigenvalue weighted by atomic mass is 35.5. The maximum atomic E-state index is 12.1. The minimum absolute atomic E-state index is 0.0595. The van der Waals surface area contributed by atoms with Gasteiger partial charge in [-0.25, -0.2) is 4.98 Å². The van der Waals surface area contributed by atoms with E-state index < -0.39 is 0 Å². The molecule has 0 radical (unpaired) electrons. The van der Waals surface area contributed by atoms with Gasteiger partial charge in [0.05, 0.1) is 12.3 Å². The molecule has 0 aliphatic rings. The minimum Gasteiger partial charge on any atom is -0.494 e. The third-order valence-electron chi connectivity index (χ3n) is 4.18. The van der Waals surface area contributed by atoms with Gasteiger partial charge >= 0.3 is 0 Å². The van der Waals surface area contributed by atoms with Crippen LogP contribution in [0.5, 0.6) is 5.75 Å². The van der Waals surface area contributed by atoms with E-state index in [1.807, 2.05) is 17.5 Å². The molecule has 140 valence electrons. The lowest BCUT2D eigenvalue weighted by Crippen LogP contribution is -2.12. The Hall–Kier alpha value is -2.37. The van der Waals surface area contributed by atoms with Crippen molar-refractivity contribution in [3.05, 3.63) is 64.0 Å². The largest absolute Gasteiger partial charge is 0.494 e. The summed E-state index contributed by atoms with van der Waals surface area (Å²) in [4.78, 5) is 16.6. The van der Waals surface area contributed by atoms with Gasteiger partial charge < -0.3 is 10.1 Å². The van der Waals surface area contributed by atoms with Crippen molar-refractivity contribution < 1.29 is 9.53 Å². The highest BCUT2D eigenvalue weighted by molar-refractivity contribution is 7.14. The van der Waals surface area contributed by atoms with Crippen molar-refractivity contribution >= 4 is 34.0 Å². The quantitative estimate of drug-likeness (QED) is 0.504. The van der Waals surface area contributed by atoms with Crippen LogP contribution in [0.1, 0.15) is 24.0 Å². The van der Waals surface area contributed by atoms with E-state index in [0.29, 0.717) is 29.6 Å². The van der Waals surface area contributed by atoms with E-state index in [1.54, 1.807) is 12.1 Å². The van der Waals surface area contributed by atoms with Crippen molar-refractivity contribution in [1.29, 1.82) is 0 Å². The van der Waals surface area contributed by atoms with E-state index in [2.05, 4.69) is 42.3 Å². The van der Waals surface area contributed by atoms with E-state index in [4.69, 9.17) is 16.3 Å². The molecular formula is C21H21ClN2O2S. The Balaban J connectivity index is 1.46. The van der Waals surface area contributed by atoms with E-state index in [-0.39, 0.29) is 5.91 Å². The Kier molecular flexibility index (Phi) is 6.48. The van der Waals surface area contributed by atoms with E-state index in [0.717, 1.165) is 17.0 Å². The van der Waals surface area contributed by atoms with Gasteiger partial charge in [0, 0.05) is 22.4 Å². The van der Waals surface area contributed by atoms with Crippen LogP contribution in [0.4, 0.5) is 5.13 Å². The maximum Gasteiger partial charge on any atom is 0.226 e. The van der Waals surface area contributed by atoms with Crippen LogP contribution in [0, 0.1) is 13.8 Å².